The number of anilines is 1. The maximum atomic E-state index is 13.1. The number of benzene rings is 1. The van der Waals surface area contributed by atoms with Gasteiger partial charge in [-0.25, -0.2) is 9.37 Å². The van der Waals surface area contributed by atoms with E-state index in [4.69, 9.17) is 10.3 Å². The highest BCUT2D eigenvalue weighted by Crippen LogP contribution is 2.15. The number of nitrogens with zero attached hydrogens (tertiary/aromatic N) is 3. The van der Waals surface area contributed by atoms with Crippen molar-refractivity contribution in [3.8, 4) is 0 Å². The van der Waals surface area contributed by atoms with Crippen LogP contribution in [0.25, 0.3) is 0 Å². The quantitative estimate of drug-likeness (QED) is 0.798. The second-order valence-electron chi connectivity index (χ2n) is 4.26. The third-order valence-corrected chi connectivity index (χ3v) is 3.39. The molecule has 102 valence electrons. The highest BCUT2D eigenvalue weighted by atomic mass is 32.1. The Morgan fingerprint density at radius 3 is 2.90 bits per heavy atom. The number of thiazole rings is 1. The molecule has 0 aliphatic heterocycles. The lowest BCUT2D eigenvalue weighted by Crippen LogP contribution is -1.93. The normalized spacial score (nSPS) is 10.8. The standard InChI is InChI=1S/C13H11FN4OS/c14-9-3-1-2-8(4-9)5-11-17-12(19-18-11)6-10-7-20-13(15)16-10/h1-4,7H,5-6H2,(H2,15,16). The third-order valence-electron chi connectivity index (χ3n) is 2.66. The van der Waals surface area contributed by atoms with Crippen molar-refractivity contribution in [2.45, 2.75) is 12.8 Å². The summed E-state index contributed by atoms with van der Waals surface area (Å²) in [6.07, 6.45) is 0.879. The largest absolute Gasteiger partial charge is 0.375 e. The summed E-state index contributed by atoms with van der Waals surface area (Å²) >= 11 is 1.37. The van der Waals surface area contributed by atoms with Crippen molar-refractivity contribution in [2.75, 3.05) is 5.73 Å². The molecule has 0 aliphatic carbocycles. The highest BCUT2D eigenvalue weighted by Gasteiger charge is 2.10. The van der Waals surface area contributed by atoms with E-state index in [1.165, 1.54) is 23.5 Å². The van der Waals surface area contributed by atoms with Gasteiger partial charge in [0.05, 0.1) is 12.1 Å². The first-order valence-corrected chi connectivity index (χ1v) is 6.83. The van der Waals surface area contributed by atoms with Crippen LogP contribution in [-0.4, -0.2) is 15.1 Å². The molecule has 0 fully saturated rings. The molecule has 3 aromatic rings. The van der Waals surface area contributed by atoms with Gasteiger partial charge >= 0.3 is 0 Å². The predicted molar refractivity (Wildman–Crippen MR) is 72.8 cm³/mol. The van der Waals surface area contributed by atoms with E-state index < -0.39 is 0 Å². The molecule has 5 nitrogen and oxygen atoms in total. The topological polar surface area (TPSA) is 77.8 Å². The monoisotopic (exact) mass is 290 g/mol. The number of halogens is 1. The summed E-state index contributed by atoms with van der Waals surface area (Å²) in [4.78, 5) is 8.39. The average molecular weight is 290 g/mol. The molecule has 7 heteroatoms. The maximum absolute atomic E-state index is 13.1. The lowest BCUT2D eigenvalue weighted by atomic mass is 10.1. The number of aromatic nitrogens is 3. The van der Waals surface area contributed by atoms with Gasteiger partial charge in [0.2, 0.25) is 5.89 Å². The van der Waals surface area contributed by atoms with E-state index in [1.807, 2.05) is 11.4 Å². The van der Waals surface area contributed by atoms with Crippen molar-refractivity contribution in [2.24, 2.45) is 0 Å². The van der Waals surface area contributed by atoms with Gasteiger partial charge in [0.15, 0.2) is 11.0 Å². The Kier molecular flexibility index (Phi) is 3.42. The van der Waals surface area contributed by atoms with Gasteiger partial charge in [0.1, 0.15) is 5.82 Å². The van der Waals surface area contributed by atoms with E-state index in [0.717, 1.165) is 11.3 Å². The molecule has 1 aromatic carbocycles. The van der Waals surface area contributed by atoms with Crippen LogP contribution in [0.1, 0.15) is 23.0 Å². The number of nitrogens with two attached hydrogens (primary N) is 1. The Balaban J connectivity index is 1.70. The molecular weight excluding hydrogens is 279 g/mol. The Bertz CT molecular complexity index is 724. The van der Waals surface area contributed by atoms with Crippen molar-refractivity contribution in [1.29, 1.82) is 0 Å². The van der Waals surface area contributed by atoms with Crippen molar-refractivity contribution in [1.82, 2.24) is 15.1 Å². The highest BCUT2D eigenvalue weighted by molar-refractivity contribution is 7.13. The van der Waals surface area contributed by atoms with E-state index >= 15 is 0 Å². The SMILES string of the molecule is Nc1nc(Cc2nc(Cc3cccc(F)c3)no2)cs1. The Hall–Kier alpha value is -2.28. The molecule has 2 aromatic heterocycles. The van der Waals surface area contributed by atoms with Crippen molar-refractivity contribution in [3.63, 3.8) is 0 Å². The van der Waals surface area contributed by atoms with Gasteiger partial charge in [0.25, 0.3) is 0 Å². The molecule has 0 saturated heterocycles. The van der Waals surface area contributed by atoms with Crippen LogP contribution in [0.5, 0.6) is 0 Å². The molecule has 0 amide bonds. The molecule has 0 radical (unpaired) electrons. The fourth-order valence-electron chi connectivity index (χ4n) is 1.82. The maximum Gasteiger partial charge on any atom is 0.232 e. The summed E-state index contributed by atoms with van der Waals surface area (Å²) in [5.41, 5.74) is 7.16. The predicted octanol–water partition coefficient (Wildman–Crippen LogP) is 2.43. The van der Waals surface area contributed by atoms with Crippen LogP contribution in [0.15, 0.2) is 34.2 Å². The summed E-state index contributed by atoms with van der Waals surface area (Å²) in [7, 11) is 0. The van der Waals surface area contributed by atoms with Crippen LogP contribution in [0.2, 0.25) is 0 Å². The van der Waals surface area contributed by atoms with Crippen LogP contribution in [0.4, 0.5) is 9.52 Å². The van der Waals surface area contributed by atoms with Crippen LogP contribution in [-0.2, 0) is 12.8 Å². The van der Waals surface area contributed by atoms with Crippen LogP contribution >= 0.6 is 11.3 Å². The summed E-state index contributed by atoms with van der Waals surface area (Å²) < 4.78 is 18.2. The molecule has 20 heavy (non-hydrogen) atoms. The third kappa shape index (κ3) is 3.00. The van der Waals surface area contributed by atoms with Gasteiger partial charge in [-0.15, -0.1) is 11.3 Å². The van der Waals surface area contributed by atoms with Crippen LogP contribution in [0, 0.1) is 5.82 Å². The summed E-state index contributed by atoms with van der Waals surface area (Å²) in [5.74, 6) is 0.722. The zero-order valence-corrected chi connectivity index (χ0v) is 11.2. The van der Waals surface area contributed by atoms with Gasteiger partial charge in [-0.1, -0.05) is 17.3 Å². The minimum atomic E-state index is -0.274. The number of nitrogen functional groups attached to an aromatic ring is 1. The Morgan fingerprint density at radius 2 is 2.15 bits per heavy atom. The second-order valence-corrected chi connectivity index (χ2v) is 5.15. The lowest BCUT2D eigenvalue weighted by molar-refractivity contribution is 0.379. The molecule has 3 rings (SSSR count). The fraction of sp³-hybridized carbons (Fsp3) is 0.154. The van der Waals surface area contributed by atoms with Crippen molar-refractivity contribution >= 4 is 16.5 Å². The number of hydrogen-bond donors (Lipinski definition) is 1. The van der Waals surface area contributed by atoms with Crippen LogP contribution in [0.3, 0.4) is 0 Å². The minimum absolute atomic E-state index is 0.274. The van der Waals surface area contributed by atoms with E-state index in [9.17, 15) is 4.39 Å². The smallest absolute Gasteiger partial charge is 0.232 e. The second kappa shape index (κ2) is 5.38. The Labute approximate surface area is 118 Å². The summed E-state index contributed by atoms with van der Waals surface area (Å²) in [6, 6.07) is 6.33. The molecule has 0 unspecified atom stereocenters. The average Bonchev–Trinajstić information content (AvgIpc) is 3.00. The van der Waals surface area contributed by atoms with Gasteiger partial charge in [0, 0.05) is 11.8 Å². The fourth-order valence-corrected chi connectivity index (χ4v) is 2.38. The van der Waals surface area contributed by atoms with Gasteiger partial charge in [-0.2, -0.15) is 4.98 Å². The molecular formula is C13H11FN4OS. The molecule has 2 heterocycles. The first kappa shape index (κ1) is 12.7. The zero-order chi connectivity index (χ0) is 13.9. The summed E-state index contributed by atoms with van der Waals surface area (Å²) in [5, 5.41) is 6.25. The van der Waals surface area contributed by atoms with Crippen molar-refractivity contribution in [3.05, 3.63) is 58.4 Å². The first-order valence-electron chi connectivity index (χ1n) is 5.95. The summed E-state index contributed by atoms with van der Waals surface area (Å²) in [6.45, 7) is 0. The molecule has 0 bridgehead atoms. The van der Waals surface area contributed by atoms with E-state index in [1.54, 1.807) is 6.07 Å². The number of hydrogen-bond acceptors (Lipinski definition) is 6. The van der Waals surface area contributed by atoms with Crippen LogP contribution < -0.4 is 5.73 Å². The molecule has 2 N–H and O–H groups in total. The van der Waals surface area contributed by atoms with Crippen molar-refractivity contribution < 1.29 is 8.91 Å². The number of rotatable bonds is 4. The van der Waals surface area contributed by atoms with Gasteiger partial charge in [-0.3, -0.25) is 0 Å². The molecule has 0 saturated carbocycles. The van der Waals surface area contributed by atoms with E-state index in [-0.39, 0.29) is 5.82 Å². The first-order chi connectivity index (χ1) is 9.69. The zero-order valence-electron chi connectivity index (χ0n) is 10.4. The molecule has 0 aliphatic rings. The Morgan fingerprint density at radius 1 is 1.25 bits per heavy atom. The minimum Gasteiger partial charge on any atom is -0.375 e. The molecule has 0 spiro atoms. The molecule has 0 atom stereocenters. The lowest BCUT2D eigenvalue weighted by Gasteiger charge is -1.95. The van der Waals surface area contributed by atoms with Gasteiger partial charge in [-0.05, 0) is 17.7 Å². The van der Waals surface area contributed by atoms with E-state index in [0.29, 0.717) is 29.7 Å². The van der Waals surface area contributed by atoms with Gasteiger partial charge < -0.3 is 10.3 Å². The van der Waals surface area contributed by atoms with E-state index in [2.05, 4.69) is 15.1 Å².